The van der Waals surface area contributed by atoms with Crippen molar-refractivity contribution < 1.29 is 13.9 Å². The van der Waals surface area contributed by atoms with Crippen LogP contribution in [0, 0.1) is 6.92 Å². The molecule has 1 amide bonds. The lowest BCUT2D eigenvalue weighted by Gasteiger charge is -2.32. The minimum atomic E-state index is -0.145. The number of amides is 1. The number of nitrogens with zero attached hydrogens (tertiary/aromatic N) is 1. The lowest BCUT2D eigenvalue weighted by Crippen LogP contribution is -2.44. The number of hydrogen-bond donors (Lipinski definition) is 1. The highest BCUT2D eigenvalue weighted by Crippen LogP contribution is 2.29. The monoisotopic (exact) mass is 412 g/mol. The Morgan fingerprint density at radius 3 is 2.62 bits per heavy atom. The summed E-state index contributed by atoms with van der Waals surface area (Å²) in [5, 5.41) is 4.82. The number of benzene rings is 2. The van der Waals surface area contributed by atoms with Gasteiger partial charge in [0.15, 0.2) is 5.76 Å². The Balaban J connectivity index is 1.35. The molecule has 152 valence electrons. The molecule has 0 unspecified atom stereocenters. The first-order valence-corrected chi connectivity index (χ1v) is 10.3. The molecule has 0 saturated carbocycles. The Morgan fingerprint density at radius 1 is 1.21 bits per heavy atom. The van der Waals surface area contributed by atoms with Gasteiger partial charge in [0, 0.05) is 41.6 Å². The van der Waals surface area contributed by atoms with Gasteiger partial charge in [0.05, 0.1) is 7.11 Å². The summed E-state index contributed by atoms with van der Waals surface area (Å²) >= 11 is 5.96. The fourth-order valence-electron chi connectivity index (χ4n) is 3.88. The van der Waals surface area contributed by atoms with E-state index in [0.717, 1.165) is 54.2 Å². The van der Waals surface area contributed by atoms with E-state index in [2.05, 4.69) is 22.3 Å². The third-order valence-corrected chi connectivity index (χ3v) is 5.84. The van der Waals surface area contributed by atoms with E-state index in [1.54, 1.807) is 7.11 Å². The van der Waals surface area contributed by atoms with Crippen molar-refractivity contribution in [3.8, 4) is 5.75 Å². The van der Waals surface area contributed by atoms with Crippen molar-refractivity contribution >= 4 is 28.5 Å². The van der Waals surface area contributed by atoms with E-state index >= 15 is 0 Å². The molecule has 1 saturated heterocycles. The summed E-state index contributed by atoms with van der Waals surface area (Å²) in [6.07, 6.45) is 1.85. The molecule has 1 aromatic heterocycles. The number of furan rings is 1. The molecule has 1 aliphatic rings. The van der Waals surface area contributed by atoms with Crippen molar-refractivity contribution in [1.82, 2.24) is 10.2 Å². The van der Waals surface area contributed by atoms with Gasteiger partial charge >= 0.3 is 0 Å². The quantitative estimate of drug-likeness (QED) is 0.654. The number of piperidine rings is 1. The van der Waals surface area contributed by atoms with Crippen LogP contribution in [0.1, 0.15) is 34.5 Å². The van der Waals surface area contributed by atoms with Crippen molar-refractivity contribution in [2.75, 3.05) is 20.2 Å². The largest absolute Gasteiger partial charge is 0.497 e. The molecule has 5 nitrogen and oxygen atoms in total. The average molecular weight is 413 g/mol. The van der Waals surface area contributed by atoms with Gasteiger partial charge in [0.1, 0.15) is 11.3 Å². The van der Waals surface area contributed by atoms with E-state index in [4.69, 9.17) is 20.8 Å². The van der Waals surface area contributed by atoms with Gasteiger partial charge in [-0.2, -0.15) is 0 Å². The first kappa shape index (κ1) is 19.8. The molecule has 6 heteroatoms. The lowest BCUT2D eigenvalue weighted by molar-refractivity contribution is 0.0882. The van der Waals surface area contributed by atoms with E-state index in [9.17, 15) is 4.79 Å². The lowest BCUT2D eigenvalue weighted by atomic mass is 10.0. The van der Waals surface area contributed by atoms with Gasteiger partial charge in [0.2, 0.25) is 0 Å². The Labute approximate surface area is 175 Å². The highest BCUT2D eigenvalue weighted by Gasteiger charge is 2.24. The van der Waals surface area contributed by atoms with Crippen molar-refractivity contribution in [2.24, 2.45) is 0 Å². The molecule has 0 bridgehead atoms. The second-order valence-electron chi connectivity index (χ2n) is 7.57. The van der Waals surface area contributed by atoms with E-state index in [1.807, 2.05) is 37.3 Å². The molecule has 0 spiro atoms. The van der Waals surface area contributed by atoms with Crippen LogP contribution < -0.4 is 10.1 Å². The molecular weight excluding hydrogens is 388 g/mol. The number of hydrogen-bond acceptors (Lipinski definition) is 4. The van der Waals surface area contributed by atoms with Crippen LogP contribution in [0.15, 0.2) is 46.9 Å². The first-order valence-electron chi connectivity index (χ1n) is 9.88. The molecule has 0 aliphatic carbocycles. The van der Waals surface area contributed by atoms with E-state index in [0.29, 0.717) is 11.3 Å². The Kier molecular flexibility index (Phi) is 5.79. The maximum Gasteiger partial charge on any atom is 0.287 e. The van der Waals surface area contributed by atoms with Crippen molar-refractivity contribution in [3.63, 3.8) is 0 Å². The van der Waals surface area contributed by atoms with Crippen LogP contribution in [0.2, 0.25) is 5.02 Å². The van der Waals surface area contributed by atoms with E-state index in [-0.39, 0.29) is 11.9 Å². The van der Waals surface area contributed by atoms with Gasteiger partial charge in [-0.05, 0) is 55.7 Å². The molecule has 3 aromatic rings. The summed E-state index contributed by atoms with van der Waals surface area (Å²) in [5.41, 5.74) is 2.80. The van der Waals surface area contributed by atoms with Crippen molar-refractivity contribution in [1.29, 1.82) is 0 Å². The fraction of sp³-hybridized carbons (Fsp3) is 0.348. The fourth-order valence-corrected chi connectivity index (χ4v) is 4.00. The molecule has 4 rings (SSSR count). The maximum atomic E-state index is 12.8. The normalized spacial score (nSPS) is 15.6. The van der Waals surface area contributed by atoms with Gasteiger partial charge in [-0.3, -0.25) is 9.69 Å². The van der Waals surface area contributed by atoms with E-state index < -0.39 is 0 Å². The highest BCUT2D eigenvalue weighted by molar-refractivity contribution is 6.30. The van der Waals surface area contributed by atoms with Crippen LogP contribution >= 0.6 is 11.6 Å². The van der Waals surface area contributed by atoms with Crippen LogP contribution in [0.3, 0.4) is 0 Å². The molecule has 1 fully saturated rings. The second kappa shape index (κ2) is 8.47. The van der Waals surface area contributed by atoms with Crippen molar-refractivity contribution in [3.05, 3.63) is 64.4 Å². The summed E-state index contributed by atoms with van der Waals surface area (Å²) < 4.78 is 11.1. The Morgan fingerprint density at radius 2 is 1.93 bits per heavy atom. The SMILES string of the molecule is COc1ccc2oc(C(=O)NC3CCN(Cc4ccc(Cl)cc4)CC3)c(C)c2c1. The highest BCUT2D eigenvalue weighted by atomic mass is 35.5. The summed E-state index contributed by atoms with van der Waals surface area (Å²) in [7, 11) is 1.63. The van der Waals surface area contributed by atoms with Crippen LogP contribution in [0.5, 0.6) is 5.75 Å². The van der Waals surface area contributed by atoms with Gasteiger partial charge in [-0.1, -0.05) is 23.7 Å². The zero-order valence-corrected chi connectivity index (χ0v) is 17.5. The van der Waals surface area contributed by atoms with Crippen LogP contribution in [-0.4, -0.2) is 37.0 Å². The molecule has 2 heterocycles. The predicted octanol–water partition coefficient (Wildman–Crippen LogP) is 4.80. The third-order valence-electron chi connectivity index (χ3n) is 5.59. The summed E-state index contributed by atoms with van der Waals surface area (Å²) in [6.45, 7) is 4.71. The third kappa shape index (κ3) is 4.41. The predicted molar refractivity (Wildman–Crippen MR) is 115 cm³/mol. The Hall–Kier alpha value is -2.50. The van der Waals surface area contributed by atoms with Crippen LogP contribution in [0.25, 0.3) is 11.0 Å². The first-order chi connectivity index (χ1) is 14.0. The molecule has 0 atom stereocenters. The molecule has 1 aliphatic heterocycles. The molecule has 0 radical (unpaired) electrons. The minimum absolute atomic E-state index is 0.145. The number of rotatable bonds is 5. The topological polar surface area (TPSA) is 54.7 Å². The molecule has 2 aromatic carbocycles. The smallest absolute Gasteiger partial charge is 0.287 e. The maximum absolute atomic E-state index is 12.8. The zero-order valence-electron chi connectivity index (χ0n) is 16.7. The average Bonchev–Trinajstić information content (AvgIpc) is 3.07. The van der Waals surface area contributed by atoms with Gasteiger partial charge in [-0.15, -0.1) is 0 Å². The zero-order chi connectivity index (χ0) is 20.4. The number of nitrogens with one attached hydrogen (secondary N) is 1. The molecule has 1 N–H and O–H groups in total. The number of halogens is 1. The summed E-state index contributed by atoms with van der Waals surface area (Å²) in [4.78, 5) is 15.2. The number of likely N-dealkylation sites (tertiary alicyclic amines) is 1. The van der Waals surface area contributed by atoms with Gasteiger partial charge in [-0.25, -0.2) is 0 Å². The number of fused-ring (bicyclic) bond motifs is 1. The number of methoxy groups -OCH3 is 1. The van der Waals surface area contributed by atoms with Gasteiger partial charge < -0.3 is 14.5 Å². The number of carbonyl (C=O) groups excluding carboxylic acids is 1. The van der Waals surface area contributed by atoms with Gasteiger partial charge in [0.25, 0.3) is 5.91 Å². The Bertz CT molecular complexity index is 1000. The van der Waals surface area contributed by atoms with Crippen molar-refractivity contribution in [2.45, 2.75) is 32.4 Å². The summed E-state index contributed by atoms with van der Waals surface area (Å²) in [6, 6.07) is 13.7. The second-order valence-corrected chi connectivity index (χ2v) is 8.01. The van der Waals surface area contributed by atoms with Crippen LogP contribution in [-0.2, 0) is 6.54 Å². The summed E-state index contributed by atoms with van der Waals surface area (Å²) in [5.74, 6) is 0.993. The minimum Gasteiger partial charge on any atom is -0.497 e. The standard InChI is InChI=1S/C23H25ClN2O3/c1-15-20-13-19(28-2)7-8-21(20)29-22(15)23(27)25-18-9-11-26(12-10-18)14-16-3-5-17(24)6-4-16/h3-8,13,18H,9-12,14H2,1-2H3,(H,25,27). The number of aryl methyl sites for hydroxylation is 1. The van der Waals surface area contributed by atoms with E-state index in [1.165, 1.54) is 5.56 Å². The van der Waals surface area contributed by atoms with Crippen LogP contribution in [0.4, 0.5) is 0 Å². The number of carbonyl (C=O) groups is 1. The molecular formula is C23H25ClN2O3. The number of ether oxygens (including phenoxy) is 1. The molecule has 29 heavy (non-hydrogen) atoms.